The molecule has 0 saturated carbocycles. The molecule has 0 bridgehead atoms. The summed E-state index contributed by atoms with van der Waals surface area (Å²) in [5.74, 6) is 1.89. The number of hydrogen-bond acceptors (Lipinski definition) is 5. The number of carbonyl (C=O) groups is 1. The predicted molar refractivity (Wildman–Crippen MR) is 113 cm³/mol. The number of nitrogens with one attached hydrogen (secondary N) is 1. The fourth-order valence-electron chi connectivity index (χ4n) is 3.64. The van der Waals surface area contributed by atoms with Crippen LogP contribution >= 0.6 is 0 Å². The lowest BCUT2D eigenvalue weighted by Gasteiger charge is -2.16. The molecule has 0 aliphatic carbocycles. The number of fused-ring (bicyclic) bond motifs is 1. The fraction of sp³-hybridized carbons (Fsp3) is 0.182. The minimum absolute atomic E-state index is 0.197. The van der Waals surface area contributed by atoms with E-state index in [1.165, 1.54) is 12.8 Å². The Balaban J connectivity index is 1.60. The van der Waals surface area contributed by atoms with Crippen molar-refractivity contribution < 1.29 is 4.79 Å². The monoisotopic (exact) mass is 384 g/mol. The van der Waals surface area contributed by atoms with Crippen molar-refractivity contribution in [2.45, 2.75) is 12.8 Å². The largest absolute Gasteiger partial charge is 0.357 e. The van der Waals surface area contributed by atoms with Crippen molar-refractivity contribution in [3.05, 3.63) is 72.6 Å². The Labute approximate surface area is 168 Å². The van der Waals surface area contributed by atoms with Crippen LogP contribution in [0, 0.1) is 0 Å². The van der Waals surface area contributed by atoms with E-state index in [-0.39, 0.29) is 5.91 Å². The molecular formula is C22H20N6O. The molecule has 3 aromatic heterocycles. The summed E-state index contributed by atoms with van der Waals surface area (Å²) < 4.78 is 1.72. The SMILES string of the molecule is O=C(Nc1nn(-c2ccccn2)c2cnc(N3CCCC3)cc12)c1ccccc1. The lowest BCUT2D eigenvalue weighted by molar-refractivity contribution is 0.102. The number of aromatic nitrogens is 4. The van der Waals surface area contributed by atoms with Gasteiger partial charge in [-0.2, -0.15) is 0 Å². The van der Waals surface area contributed by atoms with Gasteiger partial charge in [0.05, 0.1) is 17.1 Å². The molecule has 7 nitrogen and oxygen atoms in total. The molecule has 29 heavy (non-hydrogen) atoms. The Kier molecular flexibility index (Phi) is 4.40. The topological polar surface area (TPSA) is 75.9 Å². The number of nitrogens with zero attached hydrogens (tertiary/aromatic N) is 5. The van der Waals surface area contributed by atoms with Crippen molar-refractivity contribution in [1.29, 1.82) is 0 Å². The highest BCUT2D eigenvalue weighted by atomic mass is 16.1. The second kappa shape index (κ2) is 7.35. The van der Waals surface area contributed by atoms with Crippen molar-refractivity contribution in [1.82, 2.24) is 19.7 Å². The molecule has 1 N–H and O–H groups in total. The van der Waals surface area contributed by atoms with Crippen LogP contribution in [-0.4, -0.2) is 38.7 Å². The van der Waals surface area contributed by atoms with Crippen LogP contribution in [0.2, 0.25) is 0 Å². The van der Waals surface area contributed by atoms with E-state index in [2.05, 4.69) is 25.3 Å². The maximum absolute atomic E-state index is 12.7. The lowest BCUT2D eigenvalue weighted by atomic mass is 10.2. The Morgan fingerprint density at radius 3 is 2.48 bits per heavy atom. The number of benzene rings is 1. The summed E-state index contributed by atoms with van der Waals surface area (Å²) in [6, 6.07) is 16.8. The molecule has 1 amide bonds. The summed E-state index contributed by atoms with van der Waals surface area (Å²) >= 11 is 0. The van der Waals surface area contributed by atoms with Crippen molar-refractivity contribution >= 4 is 28.4 Å². The first kappa shape index (κ1) is 17.4. The summed E-state index contributed by atoms with van der Waals surface area (Å²) in [7, 11) is 0. The molecule has 7 heteroatoms. The summed E-state index contributed by atoms with van der Waals surface area (Å²) in [4.78, 5) is 24.1. The molecule has 1 aliphatic heterocycles. The number of pyridine rings is 2. The van der Waals surface area contributed by atoms with Gasteiger partial charge in [0.2, 0.25) is 0 Å². The van der Waals surface area contributed by atoms with Gasteiger partial charge in [-0.05, 0) is 43.2 Å². The molecule has 5 rings (SSSR count). The molecule has 1 fully saturated rings. The average molecular weight is 384 g/mol. The first-order valence-electron chi connectivity index (χ1n) is 9.71. The van der Waals surface area contributed by atoms with Gasteiger partial charge in [0.1, 0.15) is 5.82 Å². The van der Waals surface area contributed by atoms with Crippen LogP contribution in [0.25, 0.3) is 16.7 Å². The maximum Gasteiger partial charge on any atom is 0.256 e. The lowest BCUT2D eigenvalue weighted by Crippen LogP contribution is -2.18. The normalized spacial score (nSPS) is 13.7. The Hall–Kier alpha value is -3.74. The van der Waals surface area contributed by atoms with E-state index in [9.17, 15) is 4.79 Å². The Morgan fingerprint density at radius 1 is 0.931 bits per heavy atom. The number of anilines is 2. The highest BCUT2D eigenvalue weighted by Crippen LogP contribution is 2.29. The summed E-state index contributed by atoms with van der Waals surface area (Å²) in [6.07, 6.45) is 5.87. The van der Waals surface area contributed by atoms with Gasteiger partial charge in [-0.1, -0.05) is 24.3 Å². The van der Waals surface area contributed by atoms with Gasteiger partial charge in [0, 0.05) is 24.8 Å². The number of hydrogen-bond donors (Lipinski definition) is 1. The van der Waals surface area contributed by atoms with Crippen LogP contribution in [0.1, 0.15) is 23.2 Å². The molecule has 0 unspecified atom stereocenters. The Morgan fingerprint density at radius 2 is 1.72 bits per heavy atom. The highest BCUT2D eigenvalue weighted by Gasteiger charge is 2.19. The summed E-state index contributed by atoms with van der Waals surface area (Å²) in [5, 5.41) is 8.46. The van der Waals surface area contributed by atoms with Crippen LogP contribution in [-0.2, 0) is 0 Å². The molecule has 0 spiro atoms. The van der Waals surface area contributed by atoms with Gasteiger partial charge >= 0.3 is 0 Å². The number of amides is 1. The van der Waals surface area contributed by atoms with Crippen LogP contribution in [0.5, 0.6) is 0 Å². The molecule has 0 radical (unpaired) electrons. The molecule has 1 aliphatic rings. The van der Waals surface area contributed by atoms with E-state index >= 15 is 0 Å². The first-order valence-corrected chi connectivity index (χ1v) is 9.71. The van der Waals surface area contributed by atoms with E-state index in [1.807, 2.05) is 48.7 Å². The minimum atomic E-state index is -0.197. The predicted octanol–water partition coefficient (Wildman–Crippen LogP) is 3.67. The fourth-order valence-corrected chi connectivity index (χ4v) is 3.64. The minimum Gasteiger partial charge on any atom is -0.357 e. The molecule has 4 aromatic rings. The Bertz CT molecular complexity index is 1150. The zero-order valence-electron chi connectivity index (χ0n) is 15.8. The van der Waals surface area contributed by atoms with E-state index in [1.54, 1.807) is 23.0 Å². The van der Waals surface area contributed by atoms with Gasteiger partial charge in [0.25, 0.3) is 5.91 Å². The molecular weight excluding hydrogens is 364 g/mol. The first-order chi connectivity index (χ1) is 14.3. The average Bonchev–Trinajstić information content (AvgIpc) is 3.43. The second-order valence-corrected chi connectivity index (χ2v) is 7.02. The van der Waals surface area contributed by atoms with Gasteiger partial charge in [-0.25, -0.2) is 14.6 Å². The summed E-state index contributed by atoms with van der Waals surface area (Å²) in [5.41, 5.74) is 1.39. The number of carbonyl (C=O) groups excluding carboxylic acids is 1. The third-order valence-corrected chi connectivity index (χ3v) is 5.12. The van der Waals surface area contributed by atoms with E-state index < -0.39 is 0 Å². The van der Waals surface area contributed by atoms with Crippen molar-refractivity contribution in [3.63, 3.8) is 0 Å². The van der Waals surface area contributed by atoms with Crippen molar-refractivity contribution in [2.24, 2.45) is 0 Å². The van der Waals surface area contributed by atoms with Gasteiger partial charge in [0.15, 0.2) is 11.6 Å². The van der Waals surface area contributed by atoms with Crippen molar-refractivity contribution in [2.75, 3.05) is 23.3 Å². The molecule has 1 saturated heterocycles. The van der Waals surface area contributed by atoms with Gasteiger partial charge < -0.3 is 10.2 Å². The molecule has 0 atom stereocenters. The molecule has 4 heterocycles. The zero-order valence-corrected chi connectivity index (χ0v) is 15.8. The smallest absolute Gasteiger partial charge is 0.256 e. The zero-order chi connectivity index (χ0) is 19.6. The molecule has 1 aromatic carbocycles. The number of rotatable bonds is 4. The quantitative estimate of drug-likeness (QED) is 0.581. The van der Waals surface area contributed by atoms with E-state index in [4.69, 9.17) is 0 Å². The van der Waals surface area contributed by atoms with E-state index in [0.717, 1.165) is 29.8 Å². The maximum atomic E-state index is 12.7. The van der Waals surface area contributed by atoms with Crippen LogP contribution < -0.4 is 10.2 Å². The highest BCUT2D eigenvalue weighted by molar-refractivity contribution is 6.08. The third kappa shape index (κ3) is 3.31. The van der Waals surface area contributed by atoms with Crippen LogP contribution in [0.4, 0.5) is 11.6 Å². The van der Waals surface area contributed by atoms with Gasteiger partial charge in [-0.15, -0.1) is 5.10 Å². The van der Waals surface area contributed by atoms with E-state index in [0.29, 0.717) is 17.2 Å². The van der Waals surface area contributed by atoms with Crippen molar-refractivity contribution in [3.8, 4) is 5.82 Å². The van der Waals surface area contributed by atoms with Crippen LogP contribution in [0.15, 0.2) is 67.0 Å². The second-order valence-electron chi connectivity index (χ2n) is 7.02. The molecule has 144 valence electrons. The third-order valence-electron chi connectivity index (χ3n) is 5.12. The van der Waals surface area contributed by atoms with Crippen LogP contribution in [0.3, 0.4) is 0 Å². The summed E-state index contributed by atoms with van der Waals surface area (Å²) in [6.45, 7) is 2.00. The van der Waals surface area contributed by atoms with Gasteiger partial charge in [-0.3, -0.25) is 4.79 Å². The standard InChI is InChI=1S/C22H20N6O/c29-22(16-8-2-1-3-9-16)25-21-17-14-20(27-12-6-7-13-27)24-15-18(17)28(26-21)19-10-4-5-11-23-19/h1-5,8-11,14-15H,6-7,12-13H2,(H,25,26,29).